The van der Waals surface area contributed by atoms with Crippen LogP contribution in [0.25, 0.3) is 0 Å². The largest absolute Gasteiger partial charge is 0.466 e. The Hall–Kier alpha value is -2.94. The van der Waals surface area contributed by atoms with Crippen molar-refractivity contribution in [2.24, 2.45) is 0 Å². The van der Waals surface area contributed by atoms with E-state index >= 15 is 0 Å². The summed E-state index contributed by atoms with van der Waals surface area (Å²) in [7, 11) is 0. The molecular weight excluding hydrogens is 410 g/mol. The van der Waals surface area contributed by atoms with E-state index in [9.17, 15) is 23.7 Å². The second-order valence-corrected chi connectivity index (χ2v) is 6.42. The highest BCUT2D eigenvalue weighted by Gasteiger charge is 2.27. The first kappa shape index (κ1) is 22.4. The minimum atomic E-state index is -3.12. The van der Waals surface area contributed by atoms with E-state index < -0.39 is 23.5 Å². The van der Waals surface area contributed by atoms with Crippen molar-refractivity contribution >= 4 is 28.9 Å². The van der Waals surface area contributed by atoms with Crippen LogP contribution in [0, 0.1) is 17.0 Å². The highest BCUT2D eigenvalue weighted by molar-refractivity contribution is 6.31. The zero-order valence-corrected chi connectivity index (χ0v) is 16.4. The molecule has 0 saturated carbocycles. The Balaban J connectivity index is 2.54. The highest BCUT2D eigenvalue weighted by atomic mass is 35.5. The van der Waals surface area contributed by atoms with Gasteiger partial charge in [0.05, 0.1) is 24.0 Å². The molecule has 0 heterocycles. The van der Waals surface area contributed by atoms with Gasteiger partial charge in [0.15, 0.2) is 0 Å². The number of esters is 1. The average Bonchev–Trinajstić information content (AvgIpc) is 2.61. The SMILES string of the molecule is CCOC(=O)C[C@@H](Nc1cc(C)ccc1[N+](=O)[O-])c1c(Cl)cccc1OC(F)F. The van der Waals surface area contributed by atoms with Crippen molar-refractivity contribution < 1.29 is 28.0 Å². The van der Waals surface area contributed by atoms with Gasteiger partial charge in [-0.05, 0) is 37.6 Å². The predicted molar refractivity (Wildman–Crippen MR) is 104 cm³/mol. The molecule has 10 heteroatoms. The Kier molecular flexibility index (Phi) is 7.72. The molecule has 0 aliphatic heterocycles. The molecule has 0 aliphatic carbocycles. The minimum absolute atomic E-state index is 0.0558. The number of nitro benzene ring substituents is 1. The smallest absolute Gasteiger partial charge is 0.387 e. The van der Waals surface area contributed by atoms with Crippen LogP contribution < -0.4 is 10.1 Å². The molecule has 1 atom stereocenters. The third-order valence-corrected chi connectivity index (χ3v) is 4.26. The van der Waals surface area contributed by atoms with E-state index in [1.165, 1.54) is 30.3 Å². The fraction of sp³-hybridized carbons (Fsp3) is 0.316. The van der Waals surface area contributed by atoms with Gasteiger partial charge in [-0.1, -0.05) is 23.7 Å². The zero-order chi connectivity index (χ0) is 21.6. The van der Waals surface area contributed by atoms with Gasteiger partial charge in [-0.25, -0.2) is 0 Å². The van der Waals surface area contributed by atoms with E-state index in [1.807, 2.05) is 0 Å². The number of ether oxygens (including phenoxy) is 2. The summed E-state index contributed by atoms with van der Waals surface area (Å²) < 4.78 is 35.2. The Morgan fingerprint density at radius 2 is 2.03 bits per heavy atom. The summed E-state index contributed by atoms with van der Waals surface area (Å²) in [5.41, 5.74) is 0.648. The van der Waals surface area contributed by atoms with Gasteiger partial charge in [0, 0.05) is 16.7 Å². The molecule has 0 aliphatic rings. The molecule has 2 aromatic carbocycles. The summed E-state index contributed by atoms with van der Waals surface area (Å²) in [6.45, 7) is 0.339. The molecule has 0 saturated heterocycles. The van der Waals surface area contributed by atoms with Gasteiger partial charge in [0.1, 0.15) is 11.4 Å². The zero-order valence-electron chi connectivity index (χ0n) is 15.7. The van der Waals surface area contributed by atoms with Crippen molar-refractivity contribution in [3.05, 3.63) is 62.7 Å². The third-order valence-electron chi connectivity index (χ3n) is 3.93. The van der Waals surface area contributed by atoms with E-state index in [0.717, 1.165) is 5.56 Å². The number of nitrogens with zero attached hydrogens (tertiary/aromatic N) is 1. The second kappa shape index (κ2) is 10.0. The number of rotatable bonds is 9. The van der Waals surface area contributed by atoms with Crippen molar-refractivity contribution in [2.45, 2.75) is 32.9 Å². The maximum absolute atomic E-state index is 12.9. The van der Waals surface area contributed by atoms with Gasteiger partial charge in [0.2, 0.25) is 0 Å². The number of hydrogen-bond donors (Lipinski definition) is 1. The van der Waals surface area contributed by atoms with Gasteiger partial charge in [-0.2, -0.15) is 8.78 Å². The van der Waals surface area contributed by atoms with Crippen LogP contribution in [-0.2, 0) is 9.53 Å². The molecule has 29 heavy (non-hydrogen) atoms. The third kappa shape index (κ3) is 6.02. The molecule has 2 aromatic rings. The fourth-order valence-corrected chi connectivity index (χ4v) is 3.08. The first-order chi connectivity index (χ1) is 13.7. The van der Waals surface area contributed by atoms with Crippen LogP contribution >= 0.6 is 11.6 Å². The molecule has 2 rings (SSSR count). The summed E-state index contributed by atoms with van der Waals surface area (Å²) in [5, 5.41) is 14.3. The molecule has 0 spiro atoms. The Labute approximate surface area is 170 Å². The first-order valence-corrected chi connectivity index (χ1v) is 9.01. The van der Waals surface area contributed by atoms with Crippen LogP contribution in [-0.4, -0.2) is 24.1 Å². The quantitative estimate of drug-likeness (QED) is 0.332. The lowest BCUT2D eigenvalue weighted by Gasteiger charge is -2.23. The van der Waals surface area contributed by atoms with E-state index in [4.69, 9.17) is 16.3 Å². The van der Waals surface area contributed by atoms with E-state index in [-0.39, 0.29) is 40.7 Å². The van der Waals surface area contributed by atoms with Crippen LogP contribution in [0.2, 0.25) is 5.02 Å². The van der Waals surface area contributed by atoms with Gasteiger partial charge >= 0.3 is 12.6 Å². The standard InChI is InChI=1S/C19H19ClF2N2O5/c1-3-28-17(25)10-14(18-12(20)5-4-6-16(18)29-19(21)22)23-13-9-11(2)7-8-15(13)24(26)27/h4-9,14,19,23H,3,10H2,1-2H3/t14-/m1/s1. The van der Waals surface area contributed by atoms with Gasteiger partial charge < -0.3 is 14.8 Å². The molecule has 0 fully saturated rings. The maximum atomic E-state index is 12.9. The average molecular weight is 429 g/mol. The molecule has 0 aromatic heterocycles. The first-order valence-electron chi connectivity index (χ1n) is 8.63. The molecule has 0 radical (unpaired) electrons. The number of carbonyl (C=O) groups is 1. The number of halogens is 3. The van der Waals surface area contributed by atoms with Gasteiger partial charge in [-0.15, -0.1) is 0 Å². The summed E-state index contributed by atoms with van der Waals surface area (Å²) in [5.74, 6) is -0.882. The van der Waals surface area contributed by atoms with E-state index in [1.54, 1.807) is 19.9 Å². The number of anilines is 1. The van der Waals surface area contributed by atoms with E-state index in [2.05, 4.69) is 10.1 Å². The topological polar surface area (TPSA) is 90.7 Å². The van der Waals surface area contributed by atoms with Crippen molar-refractivity contribution in [3.63, 3.8) is 0 Å². The second-order valence-electron chi connectivity index (χ2n) is 6.01. The number of nitro groups is 1. The maximum Gasteiger partial charge on any atom is 0.387 e. The van der Waals surface area contributed by atoms with Crippen molar-refractivity contribution in [2.75, 3.05) is 11.9 Å². The minimum Gasteiger partial charge on any atom is -0.466 e. The van der Waals surface area contributed by atoms with Crippen LogP contribution in [0.1, 0.15) is 30.5 Å². The Bertz CT molecular complexity index is 895. The summed E-state index contributed by atoms with van der Waals surface area (Å²) in [6.07, 6.45) is -0.317. The Morgan fingerprint density at radius 1 is 1.31 bits per heavy atom. The number of carbonyl (C=O) groups excluding carboxylic acids is 1. The van der Waals surface area contributed by atoms with Crippen LogP contribution in [0.15, 0.2) is 36.4 Å². The van der Waals surface area contributed by atoms with Crippen molar-refractivity contribution in [3.8, 4) is 5.75 Å². The Morgan fingerprint density at radius 3 is 2.66 bits per heavy atom. The summed E-state index contributed by atoms with van der Waals surface area (Å²) in [4.78, 5) is 22.9. The lowest BCUT2D eigenvalue weighted by molar-refractivity contribution is -0.384. The lowest BCUT2D eigenvalue weighted by atomic mass is 10.0. The summed E-state index contributed by atoms with van der Waals surface area (Å²) >= 11 is 6.22. The molecule has 7 nitrogen and oxygen atoms in total. The number of aryl methyl sites for hydroxylation is 1. The number of alkyl halides is 2. The highest BCUT2D eigenvalue weighted by Crippen LogP contribution is 2.38. The van der Waals surface area contributed by atoms with Crippen molar-refractivity contribution in [1.29, 1.82) is 0 Å². The molecule has 0 unspecified atom stereocenters. The molecule has 0 bridgehead atoms. The van der Waals surface area contributed by atoms with Crippen LogP contribution in [0.5, 0.6) is 5.75 Å². The van der Waals surface area contributed by atoms with E-state index in [0.29, 0.717) is 0 Å². The molecule has 0 amide bonds. The molecule has 1 N–H and O–H groups in total. The number of hydrogen-bond acceptors (Lipinski definition) is 6. The lowest BCUT2D eigenvalue weighted by Crippen LogP contribution is -2.20. The van der Waals surface area contributed by atoms with Gasteiger partial charge in [0.25, 0.3) is 5.69 Å². The predicted octanol–water partition coefficient (Wildman–Crippen LogP) is 5.26. The number of nitrogens with one attached hydrogen (secondary N) is 1. The fourth-order valence-electron chi connectivity index (χ4n) is 2.78. The normalized spacial score (nSPS) is 11.8. The van der Waals surface area contributed by atoms with Gasteiger partial charge in [-0.3, -0.25) is 14.9 Å². The molecular formula is C19H19ClF2N2O5. The van der Waals surface area contributed by atoms with Crippen LogP contribution in [0.4, 0.5) is 20.2 Å². The monoisotopic (exact) mass is 428 g/mol. The van der Waals surface area contributed by atoms with Crippen molar-refractivity contribution in [1.82, 2.24) is 0 Å². The number of benzene rings is 2. The molecule has 156 valence electrons. The van der Waals surface area contributed by atoms with Crippen LogP contribution in [0.3, 0.4) is 0 Å². The summed E-state index contributed by atoms with van der Waals surface area (Å²) in [6, 6.07) is 7.50.